The summed E-state index contributed by atoms with van der Waals surface area (Å²) in [6.07, 6.45) is 2.52. The molecule has 14 heavy (non-hydrogen) atoms. The SMILES string of the molecule is Cc1nc(N)cc(Cc2nccs2)n1. The number of nitrogens with two attached hydrogens (primary N) is 1. The molecule has 2 aromatic heterocycles. The van der Waals surface area contributed by atoms with Gasteiger partial charge in [0.15, 0.2) is 0 Å². The molecule has 2 rings (SSSR count). The molecule has 2 heterocycles. The maximum atomic E-state index is 5.62. The van der Waals surface area contributed by atoms with Gasteiger partial charge in [0, 0.05) is 24.1 Å². The molecule has 0 unspecified atom stereocenters. The van der Waals surface area contributed by atoms with Crippen LogP contribution in [0.25, 0.3) is 0 Å². The number of rotatable bonds is 2. The molecular weight excluding hydrogens is 196 g/mol. The molecule has 4 nitrogen and oxygen atoms in total. The smallest absolute Gasteiger partial charge is 0.127 e. The molecule has 0 aromatic carbocycles. The van der Waals surface area contributed by atoms with Crippen LogP contribution in [0.1, 0.15) is 16.5 Å². The van der Waals surface area contributed by atoms with Crippen molar-refractivity contribution in [1.29, 1.82) is 0 Å². The fourth-order valence-electron chi connectivity index (χ4n) is 1.24. The van der Waals surface area contributed by atoms with E-state index in [4.69, 9.17) is 5.73 Å². The van der Waals surface area contributed by atoms with Gasteiger partial charge in [0.25, 0.3) is 0 Å². The van der Waals surface area contributed by atoms with Crippen LogP contribution in [0.3, 0.4) is 0 Å². The minimum absolute atomic E-state index is 0.518. The normalized spacial score (nSPS) is 10.4. The summed E-state index contributed by atoms with van der Waals surface area (Å²) < 4.78 is 0. The Balaban J connectivity index is 2.25. The third-order valence-electron chi connectivity index (χ3n) is 1.73. The predicted octanol–water partition coefficient (Wildman–Crippen LogP) is 1.41. The van der Waals surface area contributed by atoms with Gasteiger partial charge in [0.1, 0.15) is 11.6 Å². The van der Waals surface area contributed by atoms with Gasteiger partial charge >= 0.3 is 0 Å². The van der Waals surface area contributed by atoms with Crippen molar-refractivity contribution in [3.05, 3.63) is 34.2 Å². The molecular formula is C9H10N4S. The monoisotopic (exact) mass is 206 g/mol. The van der Waals surface area contributed by atoms with Gasteiger partial charge in [-0.15, -0.1) is 11.3 Å². The van der Waals surface area contributed by atoms with Crippen LogP contribution in [0.2, 0.25) is 0 Å². The Morgan fingerprint density at radius 3 is 2.93 bits per heavy atom. The molecule has 0 aliphatic rings. The molecule has 0 spiro atoms. The van der Waals surface area contributed by atoms with Gasteiger partial charge in [0.2, 0.25) is 0 Å². The molecule has 72 valence electrons. The van der Waals surface area contributed by atoms with Crippen molar-refractivity contribution in [2.24, 2.45) is 0 Å². The van der Waals surface area contributed by atoms with Crippen LogP contribution < -0.4 is 5.73 Å². The van der Waals surface area contributed by atoms with E-state index in [1.54, 1.807) is 23.6 Å². The number of hydrogen-bond donors (Lipinski definition) is 1. The molecule has 0 atom stereocenters. The van der Waals surface area contributed by atoms with E-state index in [9.17, 15) is 0 Å². The maximum Gasteiger partial charge on any atom is 0.127 e. The summed E-state index contributed by atoms with van der Waals surface area (Å²) in [5.41, 5.74) is 6.54. The minimum atomic E-state index is 0.518. The second-order valence-electron chi connectivity index (χ2n) is 2.93. The highest BCUT2D eigenvalue weighted by atomic mass is 32.1. The van der Waals surface area contributed by atoms with Gasteiger partial charge < -0.3 is 5.73 Å². The Morgan fingerprint density at radius 1 is 1.43 bits per heavy atom. The molecule has 0 amide bonds. The number of thiazole rings is 1. The Bertz CT molecular complexity index is 404. The first kappa shape index (κ1) is 9.08. The zero-order chi connectivity index (χ0) is 9.97. The summed E-state index contributed by atoms with van der Waals surface area (Å²) in [5, 5.41) is 3.00. The fraction of sp³-hybridized carbons (Fsp3) is 0.222. The van der Waals surface area contributed by atoms with E-state index in [0.717, 1.165) is 17.1 Å². The van der Waals surface area contributed by atoms with Gasteiger partial charge in [-0.05, 0) is 6.92 Å². The van der Waals surface area contributed by atoms with Gasteiger partial charge in [-0.25, -0.2) is 15.0 Å². The Morgan fingerprint density at radius 2 is 2.29 bits per heavy atom. The van der Waals surface area contributed by atoms with Crippen LogP contribution in [0.15, 0.2) is 17.6 Å². The van der Waals surface area contributed by atoms with E-state index in [1.165, 1.54) is 0 Å². The van der Waals surface area contributed by atoms with Crippen molar-refractivity contribution in [1.82, 2.24) is 15.0 Å². The average molecular weight is 206 g/mol. The van der Waals surface area contributed by atoms with E-state index < -0.39 is 0 Å². The van der Waals surface area contributed by atoms with Crippen LogP contribution in [-0.4, -0.2) is 15.0 Å². The average Bonchev–Trinajstić information content (AvgIpc) is 2.54. The van der Waals surface area contributed by atoms with Crippen molar-refractivity contribution in [3.63, 3.8) is 0 Å². The number of nitrogen functional groups attached to an aromatic ring is 1. The lowest BCUT2D eigenvalue weighted by atomic mass is 10.3. The van der Waals surface area contributed by atoms with Crippen molar-refractivity contribution in [3.8, 4) is 0 Å². The van der Waals surface area contributed by atoms with E-state index in [1.807, 2.05) is 12.3 Å². The third kappa shape index (κ3) is 2.05. The maximum absolute atomic E-state index is 5.62. The van der Waals surface area contributed by atoms with Crippen molar-refractivity contribution >= 4 is 17.2 Å². The molecule has 0 fully saturated rings. The van der Waals surface area contributed by atoms with Crippen LogP contribution in [0.4, 0.5) is 5.82 Å². The summed E-state index contributed by atoms with van der Waals surface area (Å²) in [6, 6.07) is 1.79. The van der Waals surface area contributed by atoms with Crippen molar-refractivity contribution in [2.75, 3.05) is 5.73 Å². The molecule has 2 aromatic rings. The number of aromatic nitrogens is 3. The molecule has 0 radical (unpaired) electrons. The van der Waals surface area contributed by atoms with Crippen LogP contribution >= 0.6 is 11.3 Å². The van der Waals surface area contributed by atoms with Crippen LogP contribution in [0, 0.1) is 6.92 Å². The molecule has 0 aliphatic carbocycles. The highest BCUT2D eigenvalue weighted by Gasteiger charge is 2.02. The standard InChI is InChI=1S/C9H10N4S/c1-6-12-7(4-8(10)13-6)5-9-11-2-3-14-9/h2-4H,5H2,1H3,(H2,10,12,13). The summed E-state index contributed by atoms with van der Waals surface area (Å²) in [7, 11) is 0. The number of nitrogens with zero attached hydrogens (tertiary/aromatic N) is 3. The van der Waals surface area contributed by atoms with E-state index in [2.05, 4.69) is 15.0 Å². The Kier molecular flexibility index (Phi) is 2.41. The van der Waals surface area contributed by atoms with Crippen molar-refractivity contribution < 1.29 is 0 Å². The number of anilines is 1. The number of aryl methyl sites for hydroxylation is 1. The lowest BCUT2D eigenvalue weighted by Crippen LogP contribution is -2.00. The Labute approximate surface area is 85.9 Å². The summed E-state index contributed by atoms with van der Waals surface area (Å²) in [5.74, 6) is 1.22. The topological polar surface area (TPSA) is 64.7 Å². The van der Waals surface area contributed by atoms with Crippen molar-refractivity contribution in [2.45, 2.75) is 13.3 Å². The minimum Gasteiger partial charge on any atom is -0.384 e. The first-order valence-electron chi connectivity index (χ1n) is 4.22. The van der Waals surface area contributed by atoms with E-state index in [0.29, 0.717) is 11.6 Å². The quantitative estimate of drug-likeness (QED) is 0.807. The molecule has 0 aliphatic heterocycles. The first-order chi connectivity index (χ1) is 6.74. The molecule has 2 N–H and O–H groups in total. The molecule has 0 saturated heterocycles. The van der Waals surface area contributed by atoms with Gasteiger partial charge in [-0.2, -0.15) is 0 Å². The van der Waals surface area contributed by atoms with Crippen LogP contribution in [0.5, 0.6) is 0 Å². The molecule has 0 bridgehead atoms. The highest BCUT2D eigenvalue weighted by Crippen LogP contribution is 2.11. The Hall–Kier alpha value is -1.49. The number of hydrogen-bond acceptors (Lipinski definition) is 5. The van der Waals surface area contributed by atoms with Gasteiger partial charge in [-0.1, -0.05) is 0 Å². The van der Waals surface area contributed by atoms with Crippen LogP contribution in [-0.2, 0) is 6.42 Å². The summed E-state index contributed by atoms with van der Waals surface area (Å²) in [6.45, 7) is 1.84. The molecule has 5 heteroatoms. The molecule has 0 saturated carbocycles. The second kappa shape index (κ2) is 3.71. The summed E-state index contributed by atoms with van der Waals surface area (Å²) >= 11 is 1.62. The highest BCUT2D eigenvalue weighted by molar-refractivity contribution is 7.09. The summed E-state index contributed by atoms with van der Waals surface area (Å²) in [4.78, 5) is 12.5. The largest absolute Gasteiger partial charge is 0.384 e. The predicted molar refractivity (Wildman–Crippen MR) is 56.1 cm³/mol. The third-order valence-corrected chi connectivity index (χ3v) is 2.51. The fourth-order valence-corrected chi connectivity index (χ4v) is 1.87. The lowest BCUT2D eigenvalue weighted by Gasteiger charge is -2.00. The van der Waals surface area contributed by atoms with E-state index in [-0.39, 0.29) is 0 Å². The second-order valence-corrected chi connectivity index (χ2v) is 3.91. The van der Waals surface area contributed by atoms with E-state index >= 15 is 0 Å². The zero-order valence-electron chi connectivity index (χ0n) is 7.77. The lowest BCUT2D eigenvalue weighted by molar-refractivity contribution is 0.967. The van der Waals surface area contributed by atoms with Gasteiger partial charge in [0.05, 0.1) is 10.7 Å². The first-order valence-corrected chi connectivity index (χ1v) is 5.10. The zero-order valence-corrected chi connectivity index (χ0v) is 8.58. The van der Waals surface area contributed by atoms with Gasteiger partial charge in [-0.3, -0.25) is 0 Å².